The fourth-order valence-corrected chi connectivity index (χ4v) is 3.48. The SMILES string of the molecule is CCc1ccc(NC(=S)NC2(c3ccco3)CCCC2)cc1. The molecule has 1 aromatic carbocycles. The molecule has 0 unspecified atom stereocenters. The van der Waals surface area contributed by atoms with E-state index in [-0.39, 0.29) is 5.54 Å². The van der Waals surface area contributed by atoms with Gasteiger partial charge in [-0.2, -0.15) is 0 Å². The van der Waals surface area contributed by atoms with E-state index in [0.29, 0.717) is 5.11 Å². The molecule has 0 spiro atoms. The van der Waals surface area contributed by atoms with Crippen molar-refractivity contribution in [1.82, 2.24) is 5.32 Å². The van der Waals surface area contributed by atoms with E-state index in [4.69, 9.17) is 16.6 Å². The third-order valence-corrected chi connectivity index (χ3v) is 4.63. The molecule has 1 saturated carbocycles. The molecule has 0 atom stereocenters. The van der Waals surface area contributed by atoms with E-state index in [0.717, 1.165) is 30.7 Å². The Balaban J connectivity index is 1.69. The molecule has 1 fully saturated rings. The van der Waals surface area contributed by atoms with Crippen LogP contribution in [0.25, 0.3) is 0 Å². The predicted molar refractivity (Wildman–Crippen MR) is 94.0 cm³/mol. The molecule has 3 nitrogen and oxygen atoms in total. The number of hydrogen-bond donors (Lipinski definition) is 2. The number of aryl methyl sites for hydroxylation is 1. The van der Waals surface area contributed by atoms with Gasteiger partial charge in [-0.25, -0.2) is 0 Å². The summed E-state index contributed by atoms with van der Waals surface area (Å²) < 4.78 is 5.65. The molecule has 116 valence electrons. The molecule has 0 aliphatic heterocycles. The van der Waals surface area contributed by atoms with Gasteiger partial charge >= 0.3 is 0 Å². The van der Waals surface area contributed by atoms with Crippen LogP contribution in [-0.4, -0.2) is 5.11 Å². The maximum absolute atomic E-state index is 5.65. The lowest BCUT2D eigenvalue weighted by Crippen LogP contribution is -2.45. The standard InChI is InChI=1S/C18H22N2OS/c1-2-14-7-9-15(10-8-14)19-17(22)20-18(11-3-4-12-18)16-6-5-13-21-16/h5-10,13H,2-4,11-12H2,1H3,(H2,19,20,22). The van der Waals surface area contributed by atoms with Gasteiger partial charge in [-0.05, 0) is 61.3 Å². The molecular weight excluding hydrogens is 292 g/mol. The van der Waals surface area contributed by atoms with Crippen LogP contribution in [0.1, 0.15) is 43.9 Å². The van der Waals surface area contributed by atoms with E-state index in [9.17, 15) is 0 Å². The smallest absolute Gasteiger partial charge is 0.171 e. The first kappa shape index (κ1) is 15.1. The third kappa shape index (κ3) is 3.17. The van der Waals surface area contributed by atoms with Crippen LogP contribution >= 0.6 is 12.2 Å². The maximum Gasteiger partial charge on any atom is 0.171 e. The van der Waals surface area contributed by atoms with E-state index in [2.05, 4.69) is 41.8 Å². The fourth-order valence-electron chi connectivity index (χ4n) is 3.17. The van der Waals surface area contributed by atoms with Crippen molar-refractivity contribution in [3.05, 3.63) is 54.0 Å². The van der Waals surface area contributed by atoms with Crippen LogP contribution < -0.4 is 10.6 Å². The van der Waals surface area contributed by atoms with Crippen molar-refractivity contribution < 1.29 is 4.42 Å². The Bertz CT molecular complexity index is 613. The molecule has 0 saturated heterocycles. The summed E-state index contributed by atoms with van der Waals surface area (Å²) in [6, 6.07) is 12.4. The van der Waals surface area contributed by atoms with Crippen LogP contribution in [0.2, 0.25) is 0 Å². The van der Waals surface area contributed by atoms with Gasteiger partial charge in [0.25, 0.3) is 0 Å². The van der Waals surface area contributed by atoms with Crippen molar-refractivity contribution in [3.63, 3.8) is 0 Å². The van der Waals surface area contributed by atoms with Gasteiger partial charge in [0.05, 0.1) is 11.8 Å². The zero-order valence-electron chi connectivity index (χ0n) is 12.9. The summed E-state index contributed by atoms with van der Waals surface area (Å²) in [6.07, 6.45) is 7.28. The molecule has 3 rings (SSSR count). The molecule has 1 heterocycles. The molecule has 1 aliphatic carbocycles. The average molecular weight is 314 g/mol. The van der Waals surface area contributed by atoms with Gasteiger partial charge in [-0.1, -0.05) is 31.9 Å². The Kier molecular flexibility index (Phi) is 4.48. The second kappa shape index (κ2) is 6.53. The van der Waals surface area contributed by atoms with Crippen molar-refractivity contribution >= 4 is 23.0 Å². The van der Waals surface area contributed by atoms with Crippen LogP contribution in [0, 0.1) is 0 Å². The summed E-state index contributed by atoms with van der Waals surface area (Å²) in [5.74, 6) is 0.982. The van der Waals surface area contributed by atoms with E-state index in [1.54, 1.807) is 6.26 Å². The zero-order valence-corrected chi connectivity index (χ0v) is 13.7. The van der Waals surface area contributed by atoms with Gasteiger partial charge in [0.15, 0.2) is 5.11 Å². The van der Waals surface area contributed by atoms with Crippen LogP contribution in [0.15, 0.2) is 47.1 Å². The highest BCUT2D eigenvalue weighted by atomic mass is 32.1. The number of hydrogen-bond acceptors (Lipinski definition) is 2. The summed E-state index contributed by atoms with van der Waals surface area (Å²) in [5.41, 5.74) is 2.19. The monoisotopic (exact) mass is 314 g/mol. The minimum absolute atomic E-state index is 0.156. The van der Waals surface area contributed by atoms with Crippen molar-refractivity contribution in [2.75, 3.05) is 5.32 Å². The molecular formula is C18H22N2OS. The lowest BCUT2D eigenvalue weighted by molar-refractivity contribution is 0.317. The van der Waals surface area contributed by atoms with Gasteiger partial charge in [0.2, 0.25) is 0 Å². The highest BCUT2D eigenvalue weighted by Gasteiger charge is 2.38. The Labute approximate surface area is 137 Å². The number of furan rings is 1. The lowest BCUT2D eigenvalue weighted by atomic mass is 9.94. The summed E-state index contributed by atoms with van der Waals surface area (Å²) in [7, 11) is 0. The van der Waals surface area contributed by atoms with E-state index in [1.165, 1.54) is 18.4 Å². The van der Waals surface area contributed by atoms with Gasteiger partial charge < -0.3 is 15.1 Å². The van der Waals surface area contributed by atoms with E-state index >= 15 is 0 Å². The van der Waals surface area contributed by atoms with Crippen molar-refractivity contribution in [1.29, 1.82) is 0 Å². The quantitative estimate of drug-likeness (QED) is 0.809. The van der Waals surface area contributed by atoms with Gasteiger partial charge in [0.1, 0.15) is 5.76 Å². The maximum atomic E-state index is 5.65. The Morgan fingerprint density at radius 3 is 2.50 bits per heavy atom. The largest absolute Gasteiger partial charge is 0.467 e. The normalized spacial score (nSPS) is 16.4. The second-order valence-corrected chi connectivity index (χ2v) is 6.30. The highest BCUT2D eigenvalue weighted by Crippen LogP contribution is 2.39. The van der Waals surface area contributed by atoms with Gasteiger partial charge in [-0.3, -0.25) is 0 Å². The molecule has 22 heavy (non-hydrogen) atoms. The number of benzene rings is 1. The fraction of sp³-hybridized carbons (Fsp3) is 0.389. The Morgan fingerprint density at radius 1 is 1.18 bits per heavy atom. The highest BCUT2D eigenvalue weighted by molar-refractivity contribution is 7.80. The molecule has 0 amide bonds. The van der Waals surface area contributed by atoms with Crippen LogP contribution in [0.4, 0.5) is 5.69 Å². The third-order valence-electron chi connectivity index (χ3n) is 4.42. The second-order valence-electron chi connectivity index (χ2n) is 5.90. The first-order chi connectivity index (χ1) is 10.7. The van der Waals surface area contributed by atoms with Gasteiger partial charge in [0, 0.05) is 5.69 Å². The molecule has 4 heteroatoms. The summed E-state index contributed by atoms with van der Waals surface area (Å²) in [4.78, 5) is 0. The minimum atomic E-state index is -0.156. The predicted octanol–water partition coefficient (Wildman–Crippen LogP) is 4.60. The van der Waals surface area contributed by atoms with E-state index in [1.807, 2.05) is 12.1 Å². The molecule has 2 N–H and O–H groups in total. The Morgan fingerprint density at radius 2 is 1.91 bits per heavy atom. The van der Waals surface area contributed by atoms with Gasteiger partial charge in [-0.15, -0.1) is 0 Å². The number of thiocarbonyl (C=S) groups is 1. The Hall–Kier alpha value is -1.81. The summed E-state index contributed by atoms with van der Waals surface area (Å²) >= 11 is 5.52. The van der Waals surface area contributed by atoms with Crippen molar-refractivity contribution in [2.45, 2.75) is 44.6 Å². The zero-order chi connectivity index (χ0) is 15.4. The molecule has 1 aromatic heterocycles. The first-order valence-electron chi connectivity index (χ1n) is 7.94. The lowest BCUT2D eigenvalue weighted by Gasteiger charge is -2.29. The number of rotatable bonds is 4. The summed E-state index contributed by atoms with van der Waals surface area (Å²) in [5, 5.41) is 7.44. The van der Waals surface area contributed by atoms with Crippen molar-refractivity contribution in [2.24, 2.45) is 0 Å². The topological polar surface area (TPSA) is 37.2 Å². The summed E-state index contributed by atoms with van der Waals surface area (Å²) in [6.45, 7) is 2.15. The van der Waals surface area contributed by atoms with Crippen LogP contribution in [0.5, 0.6) is 0 Å². The average Bonchev–Trinajstić information content (AvgIpc) is 3.19. The number of anilines is 1. The first-order valence-corrected chi connectivity index (χ1v) is 8.35. The van der Waals surface area contributed by atoms with Crippen LogP contribution in [0.3, 0.4) is 0 Å². The number of nitrogens with one attached hydrogen (secondary N) is 2. The molecule has 2 aromatic rings. The van der Waals surface area contributed by atoms with Crippen LogP contribution in [-0.2, 0) is 12.0 Å². The molecule has 0 radical (unpaired) electrons. The van der Waals surface area contributed by atoms with Crippen molar-refractivity contribution in [3.8, 4) is 0 Å². The minimum Gasteiger partial charge on any atom is -0.467 e. The molecule has 0 bridgehead atoms. The molecule has 1 aliphatic rings. The van der Waals surface area contributed by atoms with E-state index < -0.39 is 0 Å².